The molecule has 0 radical (unpaired) electrons. The van der Waals surface area contributed by atoms with Gasteiger partial charge in [0.25, 0.3) is 0 Å². The van der Waals surface area contributed by atoms with Crippen molar-refractivity contribution in [2.75, 3.05) is 0 Å². The Morgan fingerprint density at radius 3 is 2.49 bits per heavy atom. The number of aryl methyl sites for hydroxylation is 1. The maximum atomic E-state index is 10.2. The van der Waals surface area contributed by atoms with E-state index in [1.165, 1.54) is 25.7 Å². The third kappa shape index (κ3) is 4.55. The standard InChI is InChI=1S/C38H39N2O/c1-24(2)28-19-20-40(3)35(22-28)34-10-6-9-32-33-18-17-31(23-39)36(38(33)41-37(32)34)27-14-11-26(12-15-27)30-16-13-25-7-4-5-8-29(25)21-30/h6,9-12,14-15,17-20,22,24-25,29-30H,4-5,7-8,13,16,21H2,1-3H3/q+1/i24D,30D. The number of fused-ring (bicyclic) bond motifs is 4. The number of hydrogen-bond donors (Lipinski definition) is 0. The van der Waals surface area contributed by atoms with Crippen molar-refractivity contribution >= 4 is 21.9 Å². The highest BCUT2D eigenvalue weighted by molar-refractivity contribution is 6.13. The van der Waals surface area contributed by atoms with Crippen molar-refractivity contribution in [2.24, 2.45) is 18.9 Å². The molecule has 41 heavy (non-hydrogen) atoms. The summed E-state index contributed by atoms with van der Waals surface area (Å²) in [4.78, 5) is 0. The Kier molecular flexibility index (Phi) is 6.08. The first-order valence-corrected chi connectivity index (χ1v) is 15.2. The number of nitrogens with zero attached hydrogens (tertiary/aromatic N) is 2. The lowest BCUT2D eigenvalue weighted by atomic mass is 9.66. The van der Waals surface area contributed by atoms with Crippen LogP contribution in [0, 0.1) is 23.2 Å². The van der Waals surface area contributed by atoms with Gasteiger partial charge in [-0.2, -0.15) is 5.26 Å². The van der Waals surface area contributed by atoms with Crippen LogP contribution < -0.4 is 4.57 Å². The molecule has 2 heterocycles. The zero-order valence-electron chi connectivity index (χ0n) is 26.3. The molecule has 0 aliphatic heterocycles. The SMILES string of the molecule is [2H]C(C)(C)c1cc[n+](C)c(-c2cccc3c2oc2c(-c4ccc(C5([2H])CCC6CCCCC6C5)cc4)c(C#N)ccc23)c1. The quantitative estimate of drug-likeness (QED) is 0.212. The van der Waals surface area contributed by atoms with Crippen LogP contribution in [0.3, 0.4) is 0 Å². The average Bonchev–Trinajstić information content (AvgIpc) is 3.39. The van der Waals surface area contributed by atoms with Gasteiger partial charge in [-0.1, -0.05) is 75.9 Å². The Hall–Kier alpha value is -3.90. The molecule has 2 aromatic heterocycles. The number of nitriles is 1. The van der Waals surface area contributed by atoms with Crippen molar-refractivity contribution in [3.05, 3.63) is 89.6 Å². The maximum Gasteiger partial charge on any atom is 0.216 e. The molecule has 5 aromatic rings. The van der Waals surface area contributed by atoms with E-state index in [1.807, 2.05) is 51.4 Å². The molecule has 0 N–H and O–H groups in total. The number of furan rings is 1. The lowest BCUT2D eigenvalue weighted by Crippen LogP contribution is -2.30. The van der Waals surface area contributed by atoms with Gasteiger partial charge in [0, 0.05) is 31.2 Å². The fraction of sp³-hybridized carbons (Fsp3) is 0.368. The molecule has 2 aliphatic carbocycles. The molecule has 0 spiro atoms. The van der Waals surface area contributed by atoms with E-state index in [1.54, 1.807) is 0 Å². The molecule has 3 aromatic carbocycles. The van der Waals surface area contributed by atoms with Gasteiger partial charge in [-0.15, -0.1) is 0 Å². The van der Waals surface area contributed by atoms with Crippen LogP contribution in [0.1, 0.15) is 90.0 Å². The molecule has 2 aliphatic rings. The van der Waals surface area contributed by atoms with Gasteiger partial charge in [-0.3, -0.25) is 0 Å². The van der Waals surface area contributed by atoms with Gasteiger partial charge in [0.2, 0.25) is 5.69 Å². The van der Waals surface area contributed by atoms with Crippen molar-refractivity contribution in [3.8, 4) is 28.5 Å². The Bertz CT molecular complexity index is 1890. The molecular weight excluding hydrogens is 500 g/mol. The van der Waals surface area contributed by atoms with Gasteiger partial charge in [-0.05, 0) is 77.8 Å². The van der Waals surface area contributed by atoms with Crippen LogP contribution in [0.5, 0.6) is 0 Å². The Labute approximate surface area is 246 Å². The predicted molar refractivity (Wildman–Crippen MR) is 167 cm³/mol. The summed E-state index contributed by atoms with van der Waals surface area (Å²) >= 11 is 0. The zero-order chi connectivity index (χ0) is 29.9. The van der Waals surface area contributed by atoms with E-state index in [-0.39, 0.29) is 0 Å². The van der Waals surface area contributed by atoms with Crippen LogP contribution in [0.2, 0.25) is 0 Å². The summed E-state index contributed by atoms with van der Waals surface area (Å²) in [7, 11) is 2.01. The molecule has 2 saturated carbocycles. The monoisotopic (exact) mass is 541 g/mol. The smallest absolute Gasteiger partial charge is 0.216 e. The number of pyridine rings is 1. The van der Waals surface area contributed by atoms with E-state index in [4.69, 9.17) is 5.79 Å². The molecule has 206 valence electrons. The third-order valence-electron chi connectivity index (χ3n) is 9.76. The summed E-state index contributed by atoms with van der Waals surface area (Å²) in [6.07, 6.45) is 10.3. The molecule has 3 nitrogen and oxygen atoms in total. The summed E-state index contributed by atoms with van der Waals surface area (Å²) in [5, 5.41) is 12.1. The number of aromatic nitrogens is 1. The van der Waals surface area contributed by atoms with Crippen molar-refractivity contribution < 1.29 is 11.7 Å². The van der Waals surface area contributed by atoms with E-state index in [0.29, 0.717) is 17.1 Å². The molecule has 0 amide bonds. The first-order valence-electron chi connectivity index (χ1n) is 16.2. The third-order valence-corrected chi connectivity index (χ3v) is 9.76. The summed E-state index contributed by atoms with van der Waals surface area (Å²) in [6, 6.07) is 25.0. The van der Waals surface area contributed by atoms with E-state index < -0.39 is 11.8 Å². The molecule has 0 bridgehead atoms. The highest BCUT2D eigenvalue weighted by Gasteiger charge is 2.32. The first kappa shape index (κ1) is 23.8. The second-order valence-corrected chi connectivity index (χ2v) is 12.4. The summed E-state index contributed by atoms with van der Waals surface area (Å²) in [5.41, 5.74) is 7.74. The van der Waals surface area contributed by atoms with E-state index in [0.717, 1.165) is 75.0 Å². The molecule has 0 saturated heterocycles. The largest absolute Gasteiger partial charge is 0.454 e. The van der Waals surface area contributed by atoms with Crippen LogP contribution in [0.15, 0.2) is 77.3 Å². The normalized spacial score (nSPS) is 23.6. The fourth-order valence-corrected chi connectivity index (χ4v) is 7.44. The van der Waals surface area contributed by atoms with Crippen LogP contribution >= 0.6 is 0 Å². The van der Waals surface area contributed by atoms with Gasteiger partial charge in [0.1, 0.15) is 18.2 Å². The van der Waals surface area contributed by atoms with Gasteiger partial charge < -0.3 is 4.42 Å². The number of benzene rings is 3. The maximum absolute atomic E-state index is 10.2. The minimum Gasteiger partial charge on any atom is -0.454 e. The summed E-state index contributed by atoms with van der Waals surface area (Å²) in [5.74, 6) is 0.230. The fourth-order valence-electron chi connectivity index (χ4n) is 7.44. The minimum atomic E-state index is -0.723. The lowest BCUT2D eigenvalue weighted by molar-refractivity contribution is -0.660. The van der Waals surface area contributed by atoms with E-state index in [9.17, 15) is 6.63 Å². The van der Waals surface area contributed by atoms with Crippen molar-refractivity contribution in [1.82, 2.24) is 0 Å². The summed E-state index contributed by atoms with van der Waals surface area (Å²) in [6.45, 7) is 3.80. The molecule has 7 rings (SSSR count). The average molecular weight is 542 g/mol. The van der Waals surface area contributed by atoms with Crippen LogP contribution in [-0.2, 0) is 7.05 Å². The Morgan fingerprint density at radius 2 is 1.71 bits per heavy atom. The number of rotatable bonds is 4. The molecule has 2 fully saturated rings. The Balaban J connectivity index is 1.33. The van der Waals surface area contributed by atoms with E-state index in [2.05, 4.69) is 53.1 Å². The molecule has 3 unspecified atom stereocenters. The second kappa shape index (κ2) is 10.5. The molecular formula is C38H39N2O+. The van der Waals surface area contributed by atoms with Crippen molar-refractivity contribution in [2.45, 2.75) is 70.6 Å². The van der Waals surface area contributed by atoms with Gasteiger partial charge in [0.15, 0.2) is 6.20 Å². The van der Waals surface area contributed by atoms with Crippen LogP contribution in [0.25, 0.3) is 44.3 Å². The van der Waals surface area contributed by atoms with Gasteiger partial charge >= 0.3 is 0 Å². The highest BCUT2D eigenvalue weighted by Crippen LogP contribution is 2.47. The predicted octanol–water partition coefficient (Wildman–Crippen LogP) is 9.81. The van der Waals surface area contributed by atoms with Crippen molar-refractivity contribution in [3.63, 3.8) is 0 Å². The Morgan fingerprint density at radius 1 is 0.927 bits per heavy atom. The van der Waals surface area contributed by atoms with Gasteiger partial charge in [-0.25, -0.2) is 4.57 Å². The lowest BCUT2D eigenvalue weighted by Gasteiger charge is -2.39. The van der Waals surface area contributed by atoms with Crippen molar-refractivity contribution in [1.29, 1.82) is 5.26 Å². The zero-order valence-corrected chi connectivity index (χ0v) is 24.3. The minimum absolute atomic E-state index is 0.535. The van der Waals surface area contributed by atoms with Gasteiger partial charge in [0.05, 0.1) is 17.2 Å². The van der Waals surface area contributed by atoms with Crippen LogP contribution in [0.4, 0.5) is 0 Å². The second-order valence-electron chi connectivity index (χ2n) is 12.4. The van der Waals surface area contributed by atoms with Crippen LogP contribution in [-0.4, -0.2) is 0 Å². The number of hydrogen-bond acceptors (Lipinski definition) is 2. The molecule has 3 heteroatoms. The summed E-state index contributed by atoms with van der Waals surface area (Å²) < 4.78 is 26.8. The number of para-hydroxylation sites is 1. The molecule has 3 atom stereocenters. The highest BCUT2D eigenvalue weighted by atomic mass is 16.3. The van der Waals surface area contributed by atoms with E-state index >= 15 is 0 Å². The first-order chi connectivity index (χ1) is 20.7. The topological polar surface area (TPSA) is 40.8 Å².